The van der Waals surface area contributed by atoms with Crippen LogP contribution in [0.5, 0.6) is 0 Å². The smallest absolute Gasteiger partial charge is 0.321 e. The van der Waals surface area contributed by atoms with E-state index in [1.54, 1.807) is 0 Å². The highest BCUT2D eigenvalue weighted by Crippen LogP contribution is 2.34. The minimum absolute atomic E-state index is 0.0801. The van der Waals surface area contributed by atoms with Crippen LogP contribution in [0.3, 0.4) is 0 Å². The number of anilines is 1. The molecule has 2 aliphatic rings. The molecule has 3 N–H and O–H groups in total. The highest BCUT2D eigenvalue weighted by atomic mass is 16.2. The maximum atomic E-state index is 11.9. The SMILES string of the molecule is O=C(CNc1ccc2c3c(cccc13)CC2)NC(=O)NC1CC1. The molecular weight excluding hydrogens is 290 g/mol. The number of rotatable bonds is 4. The molecule has 2 aromatic carbocycles. The highest BCUT2D eigenvalue weighted by Gasteiger charge is 2.23. The Morgan fingerprint density at radius 3 is 2.61 bits per heavy atom. The molecule has 0 atom stereocenters. The Balaban J connectivity index is 1.44. The number of aryl methyl sites for hydroxylation is 2. The molecule has 1 fully saturated rings. The van der Waals surface area contributed by atoms with E-state index >= 15 is 0 Å². The maximum Gasteiger partial charge on any atom is 0.321 e. The summed E-state index contributed by atoms with van der Waals surface area (Å²) in [5.41, 5.74) is 3.68. The van der Waals surface area contributed by atoms with Crippen LogP contribution in [0, 0.1) is 0 Å². The lowest BCUT2D eigenvalue weighted by molar-refractivity contribution is -0.118. The van der Waals surface area contributed by atoms with Crippen LogP contribution in [0.2, 0.25) is 0 Å². The van der Waals surface area contributed by atoms with E-state index in [1.165, 1.54) is 16.5 Å². The van der Waals surface area contributed by atoms with Crippen molar-refractivity contribution in [3.63, 3.8) is 0 Å². The fourth-order valence-electron chi connectivity index (χ4n) is 3.20. The molecule has 0 spiro atoms. The standard InChI is InChI=1S/C18H19N3O2/c22-16(21-18(23)20-13-7-8-13)10-19-15-9-6-12-5-4-11-2-1-3-14(15)17(11)12/h1-3,6,9,13,19H,4-5,7-8,10H2,(H2,20,21,22,23). The van der Waals surface area contributed by atoms with Gasteiger partial charge in [-0.1, -0.05) is 24.3 Å². The van der Waals surface area contributed by atoms with Crippen molar-refractivity contribution >= 4 is 28.4 Å². The van der Waals surface area contributed by atoms with E-state index < -0.39 is 6.03 Å². The zero-order chi connectivity index (χ0) is 15.8. The second kappa shape index (κ2) is 5.57. The Kier molecular flexibility index (Phi) is 3.41. The molecule has 23 heavy (non-hydrogen) atoms. The number of imide groups is 1. The lowest BCUT2D eigenvalue weighted by atomic mass is 10.0. The Labute approximate surface area is 134 Å². The van der Waals surface area contributed by atoms with Crippen molar-refractivity contribution in [2.45, 2.75) is 31.7 Å². The summed E-state index contributed by atoms with van der Waals surface area (Å²) in [5.74, 6) is -0.327. The van der Waals surface area contributed by atoms with Crippen molar-refractivity contribution < 1.29 is 9.59 Å². The predicted molar refractivity (Wildman–Crippen MR) is 89.5 cm³/mol. The summed E-state index contributed by atoms with van der Waals surface area (Å²) < 4.78 is 0. The number of hydrogen-bond donors (Lipinski definition) is 3. The lowest BCUT2D eigenvalue weighted by Gasteiger charge is -2.11. The van der Waals surface area contributed by atoms with Gasteiger partial charge in [-0.3, -0.25) is 10.1 Å². The number of urea groups is 1. The molecule has 5 nitrogen and oxygen atoms in total. The Bertz CT molecular complexity index is 786. The van der Waals surface area contributed by atoms with Gasteiger partial charge in [0.15, 0.2) is 0 Å². The number of carbonyl (C=O) groups excluding carboxylic acids is 2. The van der Waals surface area contributed by atoms with Crippen molar-refractivity contribution in [1.29, 1.82) is 0 Å². The molecule has 0 radical (unpaired) electrons. The molecule has 0 heterocycles. The van der Waals surface area contributed by atoms with Gasteiger partial charge >= 0.3 is 6.03 Å². The van der Waals surface area contributed by atoms with E-state index in [-0.39, 0.29) is 18.5 Å². The maximum absolute atomic E-state index is 11.9. The van der Waals surface area contributed by atoms with Gasteiger partial charge in [0.25, 0.3) is 0 Å². The monoisotopic (exact) mass is 309 g/mol. The van der Waals surface area contributed by atoms with Crippen molar-refractivity contribution in [3.05, 3.63) is 41.5 Å². The summed E-state index contributed by atoms with van der Waals surface area (Å²) in [6.45, 7) is 0.0801. The second-order valence-corrected chi connectivity index (χ2v) is 6.26. The van der Waals surface area contributed by atoms with Gasteiger partial charge < -0.3 is 10.6 Å². The van der Waals surface area contributed by atoms with Crippen LogP contribution in [-0.2, 0) is 17.6 Å². The van der Waals surface area contributed by atoms with Crippen LogP contribution >= 0.6 is 0 Å². The van der Waals surface area contributed by atoms with Gasteiger partial charge in [0.2, 0.25) is 5.91 Å². The normalized spacial score (nSPS) is 15.5. The molecule has 2 aliphatic carbocycles. The van der Waals surface area contributed by atoms with Crippen LogP contribution in [0.4, 0.5) is 10.5 Å². The summed E-state index contributed by atoms with van der Waals surface area (Å²) in [4.78, 5) is 23.4. The molecule has 3 amide bonds. The third-order valence-electron chi connectivity index (χ3n) is 4.48. The summed E-state index contributed by atoms with van der Waals surface area (Å²) in [6.07, 6.45) is 4.16. The van der Waals surface area contributed by atoms with Gasteiger partial charge in [-0.2, -0.15) is 0 Å². The predicted octanol–water partition coefficient (Wildman–Crippen LogP) is 2.34. The Hall–Kier alpha value is -2.56. The minimum atomic E-state index is -0.403. The first-order valence-corrected chi connectivity index (χ1v) is 8.08. The lowest BCUT2D eigenvalue weighted by Crippen LogP contribution is -2.42. The third-order valence-corrected chi connectivity index (χ3v) is 4.48. The summed E-state index contributed by atoms with van der Waals surface area (Å²) in [5, 5.41) is 10.7. The number of carbonyl (C=O) groups is 2. The van der Waals surface area contributed by atoms with Gasteiger partial charge in [0.1, 0.15) is 0 Å². The van der Waals surface area contributed by atoms with Gasteiger partial charge in [-0.25, -0.2) is 4.79 Å². The molecule has 0 saturated heterocycles. The number of benzene rings is 2. The van der Waals surface area contributed by atoms with Crippen molar-refractivity contribution in [2.24, 2.45) is 0 Å². The molecule has 5 heteroatoms. The Morgan fingerprint density at radius 1 is 1.04 bits per heavy atom. The molecule has 0 aromatic heterocycles. The summed E-state index contributed by atoms with van der Waals surface area (Å²) in [6, 6.07) is 10.3. The number of amides is 3. The first kappa shape index (κ1) is 14.1. The quantitative estimate of drug-likeness (QED) is 0.812. The highest BCUT2D eigenvalue weighted by molar-refractivity contribution is 6.01. The molecule has 2 aromatic rings. The van der Waals surface area contributed by atoms with E-state index in [0.29, 0.717) is 0 Å². The van der Waals surface area contributed by atoms with Crippen LogP contribution in [0.25, 0.3) is 10.8 Å². The zero-order valence-electron chi connectivity index (χ0n) is 12.8. The zero-order valence-corrected chi connectivity index (χ0v) is 12.8. The molecular formula is C18H19N3O2. The fraction of sp³-hybridized carbons (Fsp3) is 0.333. The molecule has 4 rings (SSSR count). The Morgan fingerprint density at radius 2 is 1.83 bits per heavy atom. The first-order chi connectivity index (χ1) is 11.2. The molecule has 0 unspecified atom stereocenters. The van der Waals surface area contributed by atoms with E-state index in [9.17, 15) is 9.59 Å². The molecule has 0 bridgehead atoms. The van der Waals surface area contributed by atoms with E-state index in [1.807, 2.05) is 6.07 Å². The first-order valence-electron chi connectivity index (χ1n) is 8.08. The number of hydrogen-bond acceptors (Lipinski definition) is 3. The van der Waals surface area contributed by atoms with Gasteiger partial charge in [0, 0.05) is 17.1 Å². The number of nitrogens with one attached hydrogen (secondary N) is 3. The van der Waals surface area contributed by atoms with E-state index in [4.69, 9.17) is 0 Å². The second-order valence-electron chi connectivity index (χ2n) is 6.26. The van der Waals surface area contributed by atoms with Gasteiger partial charge in [0.05, 0.1) is 6.54 Å². The van der Waals surface area contributed by atoms with Gasteiger partial charge in [-0.15, -0.1) is 0 Å². The van der Waals surface area contributed by atoms with Crippen molar-refractivity contribution in [3.8, 4) is 0 Å². The van der Waals surface area contributed by atoms with Crippen molar-refractivity contribution in [1.82, 2.24) is 10.6 Å². The molecule has 0 aliphatic heterocycles. The summed E-state index contributed by atoms with van der Waals surface area (Å²) >= 11 is 0. The van der Waals surface area contributed by atoms with Crippen LogP contribution in [-0.4, -0.2) is 24.5 Å². The average molecular weight is 309 g/mol. The minimum Gasteiger partial charge on any atom is -0.376 e. The fourth-order valence-corrected chi connectivity index (χ4v) is 3.20. The summed E-state index contributed by atoms with van der Waals surface area (Å²) in [7, 11) is 0. The topological polar surface area (TPSA) is 70.2 Å². The van der Waals surface area contributed by atoms with Crippen molar-refractivity contribution in [2.75, 3.05) is 11.9 Å². The molecule has 118 valence electrons. The largest absolute Gasteiger partial charge is 0.376 e. The van der Waals surface area contributed by atoms with E-state index in [0.717, 1.165) is 36.8 Å². The van der Waals surface area contributed by atoms with Crippen LogP contribution < -0.4 is 16.0 Å². The third kappa shape index (κ3) is 2.86. The van der Waals surface area contributed by atoms with Crippen LogP contribution in [0.1, 0.15) is 24.0 Å². The van der Waals surface area contributed by atoms with Gasteiger partial charge in [-0.05, 0) is 48.3 Å². The van der Waals surface area contributed by atoms with E-state index in [2.05, 4.69) is 40.2 Å². The van der Waals surface area contributed by atoms with Crippen LogP contribution in [0.15, 0.2) is 30.3 Å². The average Bonchev–Trinajstić information content (AvgIpc) is 3.25. The molecule has 1 saturated carbocycles.